The molecule has 0 aliphatic carbocycles. The van der Waals surface area contributed by atoms with E-state index in [1.807, 2.05) is 6.92 Å². The molecule has 1 atom stereocenters. The maximum Gasteiger partial charge on any atom is 0.416 e. The Bertz CT molecular complexity index is 379. The number of hydrogen-bond acceptors (Lipinski definition) is 2. The van der Waals surface area contributed by atoms with Gasteiger partial charge in [-0.25, -0.2) is 0 Å². The Morgan fingerprint density at radius 3 is 2.63 bits per heavy atom. The standard InChI is InChI=1S/C14H20F3NO/c1-2-5-13(18-8-4-9-19)11-6-3-7-12(10-11)14(15,16)17/h3,6-7,10,13,18-19H,2,4-5,8-9H2,1H3. The van der Waals surface area contributed by atoms with Gasteiger partial charge < -0.3 is 10.4 Å². The first kappa shape index (κ1) is 16.0. The molecule has 0 amide bonds. The number of alkyl halides is 3. The van der Waals surface area contributed by atoms with Crippen LogP contribution >= 0.6 is 0 Å². The molecule has 0 aliphatic rings. The van der Waals surface area contributed by atoms with Crippen LogP contribution < -0.4 is 5.32 Å². The fourth-order valence-electron chi connectivity index (χ4n) is 1.96. The van der Waals surface area contributed by atoms with E-state index in [1.165, 1.54) is 12.1 Å². The van der Waals surface area contributed by atoms with Crippen molar-refractivity contribution in [3.05, 3.63) is 35.4 Å². The summed E-state index contributed by atoms with van der Waals surface area (Å²) >= 11 is 0. The number of nitrogens with one attached hydrogen (secondary N) is 1. The number of aliphatic hydroxyl groups is 1. The van der Waals surface area contributed by atoms with E-state index >= 15 is 0 Å². The highest BCUT2D eigenvalue weighted by Gasteiger charge is 2.30. The van der Waals surface area contributed by atoms with Gasteiger partial charge in [0.15, 0.2) is 0 Å². The molecule has 108 valence electrons. The van der Waals surface area contributed by atoms with Gasteiger partial charge in [0.25, 0.3) is 0 Å². The van der Waals surface area contributed by atoms with Crippen molar-refractivity contribution in [2.75, 3.05) is 13.2 Å². The lowest BCUT2D eigenvalue weighted by atomic mass is 10.00. The minimum absolute atomic E-state index is 0.0778. The van der Waals surface area contributed by atoms with Gasteiger partial charge in [-0.2, -0.15) is 13.2 Å². The Kier molecular flexibility index (Phi) is 6.31. The molecular weight excluding hydrogens is 255 g/mol. The Balaban J connectivity index is 2.83. The molecule has 1 aromatic rings. The monoisotopic (exact) mass is 275 g/mol. The zero-order chi connectivity index (χ0) is 14.3. The molecule has 19 heavy (non-hydrogen) atoms. The van der Waals surface area contributed by atoms with Crippen molar-refractivity contribution in [2.45, 2.75) is 38.4 Å². The second kappa shape index (κ2) is 7.50. The molecule has 0 fully saturated rings. The lowest BCUT2D eigenvalue weighted by Gasteiger charge is -2.19. The van der Waals surface area contributed by atoms with E-state index in [0.717, 1.165) is 18.9 Å². The third kappa shape index (κ3) is 5.20. The van der Waals surface area contributed by atoms with Crippen molar-refractivity contribution in [2.24, 2.45) is 0 Å². The van der Waals surface area contributed by atoms with Crippen molar-refractivity contribution in [3.63, 3.8) is 0 Å². The summed E-state index contributed by atoms with van der Waals surface area (Å²) in [6.07, 6.45) is -2.06. The van der Waals surface area contributed by atoms with Gasteiger partial charge in [-0.15, -0.1) is 0 Å². The number of halogens is 3. The first-order chi connectivity index (χ1) is 8.99. The van der Waals surface area contributed by atoms with Crippen LogP contribution in [-0.4, -0.2) is 18.3 Å². The zero-order valence-electron chi connectivity index (χ0n) is 11.0. The smallest absolute Gasteiger partial charge is 0.396 e. The van der Waals surface area contributed by atoms with Crippen molar-refractivity contribution in [1.82, 2.24) is 5.32 Å². The molecule has 2 nitrogen and oxygen atoms in total. The summed E-state index contributed by atoms with van der Waals surface area (Å²) in [4.78, 5) is 0. The molecule has 1 rings (SSSR count). The van der Waals surface area contributed by atoms with Gasteiger partial charge in [0.1, 0.15) is 0 Å². The van der Waals surface area contributed by atoms with Gasteiger partial charge in [0, 0.05) is 12.6 Å². The van der Waals surface area contributed by atoms with Gasteiger partial charge in [-0.3, -0.25) is 0 Å². The highest BCUT2D eigenvalue weighted by molar-refractivity contribution is 5.28. The minimum Gasteiger partial charge on any atom is -0.396 e. The summed E-state index contributed by atoms with van der Waals surface area (Å²) in [5.41, 5.74) is 0.0321. The average molecular weight is 275 g/mol. The molecule has 0 radical (unpaired) electrons. The Morgan fingerprint density at radius 1 is 1.32 bits per heavy atom. The van der Waals surface area contributed by atoms with E-state index in [-0.39, 0.29) is 12.6 Å². The molecule has 0 spiro atoms. The summed E-state index contributed by atoms with van der Waals surface area (Å²) in [6.45, 7) is 2.67. The van der Waals surface area contributed by atoms with E-state index in [0.29, 0.717) is 18.5 Å². The summed E-state index contributed by atoms with van der Waals surface area (Å²) in [5, 5.41) is 11.9. The third-order valence-corrected chi connectivity index (χ3v) is 2.92. The maximum absolute atomic E-state index is 12.7. The van der Waals surface area contributed by atoms with E-state index < -0.39 is 11.7 Å². The van der Waals surface area contributed by atoms with Crippen LogP contribution in [-0.2, 0) is 6.18 Å². The fraction of sp³-hybridized carbons (Fsp3) is 0.571. The van der Waals surface area contributed by atoms with Crippen LogP contribution in [0.1, 0.15) is 43.4 Å². The van der Waals surface area contributed by atoms with Gasteiger partial charge in [-0.05, 0) is 37.1 Å². The topological polar surface area (TPSA) is 32.3 Å². The minimum atomic E-state index is -4.31. The summed E-state index contributed by atoms with van der Waals surface area (Å²) in [7, 11) is 0. The van der Waals surface area contributed by atoms with Crippen LogP contribution in [0.25, 0.3) is 0 Å². The van der Waals surface area contributed by atoms with Gasteiger partial charge >= 0.3 is 6.18 Å². The lowest BCUT2D eigenvalue weighted by molar-refractivity contribution is -0.137. The molecule has 2 N–H and O–H groups in total. The predicted molar refractivity (Wildman–Crippen MR) is 68.8 cm³/mol. The van der Waals surface area contributed by atoms with E-state index in [1.54, 1.807) is 6.07 Å². The Hall–Kier alpha value is -1.07. The lowest BCUT2D eigenvalue weighted by Crippen LogP contribution is -2.23. The molecule has 1 aromatic carbocycles. The normalized spacial score (nSPS) is 13.5. The molecule has 0 bridgehead atoms. The molecule has 1 unspecified atom stereocenters. The van der Waals surface area contributed by atoms with Crippen LogP contribution in [0.5, 0.6) is 0 Å². The second-order valence-electron chi connectivity index (χ2n) is 4.50. The van der Waals surface area contributed by atoms with Crippen molar-refractivity contribution in [1.29, 1.82) is 0 Å². The van der Waals surface area contributed by atoms with E-state index in [2.05, 4.69) is 5.32 Å². The molecule has 0 aliphatic heterocycles. The Morgan fingerprint density at radius 2 is 2.05 bits per heavy atom. The number of aliphatic hydroxyl groups excluding tert-OH is 1. The van der Waals surface area contributed by atoms with E-state index in [4.69, 9.17) is 5.11 Å². The van der Waals surface area contributed by atoms with Crippen LogP contribution in [0, 0.1) is 0 Å². The van der Waals surface area contributed by atoms with Crippen LogP contribution in [0.3, 0.4) is 0 Å². The van der Waals surface area contributed by atoms with Crippen LogP contribution in [0.15, 0.2) is 24.3 Å². The van der Waals surface area contributed by atoms with Crippen molar-refractivity contribution in [3.8, 4) is 0 Å². The van der Waals surface area contributed by atoms with E-state index in [9.17, 15) is 13.2 Å². The number of rotatable bonds is 7. The molecule has 0 saturated heterocycles. The SMILES string of the molecule is CCCC(NCCCO)c1cccc(C(F)(F)F)c1. The van der Waals surface area contributed by atoms with Crippen LogP contribution in [0.4, 0.5) is 13.2 Å². The van der Waals surface area contributed by atoms with Crippen molar-refractivity contribution < 1.29 is 18.3 Å². The summed E-state index contributed by atoms with van der Waals surface area (Å²) in [6, 6.07) is 5.33. The van der Waals surface area contributed by atoms with Gasteiger partial charge in [0.05, 0.1) is 5.56 Å². The average Bonchev–Trinajstić information content (AvgIpc) is 2.37. The maximum atomic E-state index is 12.7. The highest BCUT2D eigenvalue weighted by Crippen LogP contribution is 2.31. The number of benzene rings is 1. The summed E-state index contributed by atoms with van der Waals surface area (Å²) < 4.78 is 38.0. The van der Waals surface area contributed by atoms with Gasteiger partial charge in [0.2, 0.25) is 0 Å². The Labute approximate surface area is 111 Å². The first-order valence-corrected chi connectivity index (χ1v) is 6.50. The van der Waals surface area contributed by atoms with Crippen LogP contribution in [0.2, 0.25) is 0 Å². The predicted octanol–water partition coefficient (Wildman–Crippen LogP) is 3.52. The second-order valence-corrected chi connectivity index (χ2v) is 4.50. The molecular formula is C14H20F3NO. The fourth-order valence-corrected chi connectivity index (χ4v) is 1.96. The number of hydrogen-bond donors (Lipinski definition) is 2. The zero-order valence-corrected chi connectivity index (χ0v) is 11.0. The highest BCUT2D eigenvalue weighted by atomic mass is 19.4. The first-order valence-electron chi connectivity index (χ1n) is 6.50. The molecule has 5 heteroatoms. The molecule has 0 saturated carbocycles. The quantitative estimate of drug-likeness (QED) is 0.746. The largest absolute Gasteiger partial charge is 0.416 e. The van der Waals surface area contributed by atoms with Gasteiger partial charge in [-0.1, -0.05) is 25.5 Å². The summed E-state index contributed by atoms with van der Waals surface area (Å²) in [5.74, 6) is 0. The third-order valence-electron chi connectivity index (χ3n) is 2.92. The molecule has 0 aromatic heterocycles. The van der Waals surface area contributed by atoms with Crippen molar-refractivity contribution >= 4 is 0 Å². The molecule has 0 heterocycles.